The maximum Gasteiger partial charge on any atom is 0.227 e. The van der Waals surface area contributed by atoms with Crippen molar-refractivity contribution in [2.75, 3.05) is 6.54 Å². The van der Waals surface area contributed by atoms with Gasteiger partial charge in [-0.25, -0.2) is 0 Å². The Kier molecular flexibility index (Phi) is 6.21. The molecule has 0 saturated carbocycles. The lowest BCUT2D eigenvalue weighted by molar-refractivity contribution is -0.133. The summed E-state index contributed by atoms with van der Waals surface area (Å²) in [4.78, 5) is 16.2. The highest BCUT2D eigenvalue weighted by atomic mass is 35.5. The van der Waals surface area contributed by atoms with Crippen molar-refractivity contribution in [3.63, 3.8) is 0 Å². The molecule has 0 aliphatic carbocycles. The molecule has 1 amide bonds. The lowest BCUT2D eigenvalue weighted by Crippen LogP contribution is -2.40. The van der Waals surface area contributed by atoms with Crippen molar-refractivity contribution in [3.05, 3.63) is 63.1 Å². The topological polar surface area (TPSA) is 20.3 Å². The Balaban J connectivity index is 1.83. The molecule has 0 N–H and O–H groups in total. The van der Waals surface area contributed by atoms with Crippen LogP contribution < -0.4 is 0 Å². The normalized spacial score (nSPS) is 16.7. The van der Waals surface area contributed by atoms with Gasteiger partial charge in [0.25, 0.3) is 0 Å². The van der Waals surface area contributed by atoms with Crippen LogP contribution in [0.25, 0.3) is 0 Å². The van der Waals surface area contributed by atoms with E-state index in [1.165, 1.54) is 16.0 Å². The van der Waals surface area contributed by atoms with E-state index in [9.17, 15) is 4.79 Å². The van der Waals surface area contributed by atoms with Crippen molar-refractivity contribution in [3.8, 4) is 0 Å². The number of fused-ring (bicyclic) bond motifs is 1. The van der Waals surface area contributed by atoms with Gasteiger partial charge in [0.2, 0.25) is 5.91 Å². The first-order valence-corrected chi connectivity index (χ1v) is 10.5. The molecule has 0 spiro atoms. The van der Waals surface area contributed by atoms with E-state index in [-0.39, 0.29) is 18.4 Å². The number of thioether (sulfide) groups is 1. The zero-order valence-electron chi connectivity index (χ0n) is 15.3. The predicted molar refractivity (Wildman–Crippen MR) is 111 cm³/mol. The van der Waals surface area contributed by atoms with E-state index in [4.69, 9.17) is 23.2 Å². The molecule has 5 heteroatoms. The fourth-order valence-corrected chi connectivity index (χ4v) is 5.05. The third kappa shape index (κ3) is 4.05. The van der Waals surface area contributed by atoms with Crippen LogP contribution in [0, 0.1) is 0 Å². The molecule has 0 aromatic heterocycles. The highest BCUT2D eigenvalue weighted by Gasteiger charge is 2.29. The van der Waals surface area contributed by atoms with Gasteiger partial charge in [-0.1, -0.05) is 55.2 Å². The Morgan fingerprint density at radius 1 is 1.19 bits per heavy atom. The third-order valence-corrected chi connectivity index (χ3v) is 6.58. The molecule has 0 bridgehead atoms. The van der Waals surface area contributed by atoms with Gasteiger partial charge in [0.05, 0.1) is 12.5 Å². The monoisotopic (exact) mass is 407 g/mol. The number of benzene rings is 2. The molecule has 2 aromatic rings. The standard InChI is InChI=1S/C21H23Cl2NOS/c1-13(2)26-20-9-4-6-15-14(3)24(11-10-16(15)20)21(25)12-17-18(22)7-5-8-19(17)23/h4-9,13-14H,10-12H2,1-3H3/t14-/m0/s1. The molecule has 2 aromatic carbocycles. The summed E-state index contributed by atoms with van der Waals surface area (Å²) >= 11 is 14.4. The zero-order valence-corrected chi connectivity index (χ0v) is 17.6. The molecular weight excluding hydrogens is 385 g/mol. The lowest BCUT2D eigenvalue weighted by atomic mass is 9.93. The second kappa shape index (κ2) is 8.24. The molecule has 1 aliphatic heterocycles. The first kappa shape index (κ1) is 19.6. The molecule has 26 heavy (non-hydrogen) atoms. The van der Waals surface area contributed by atoms with Gasteiger partial charge in [-0.2, -0.15) is 0 Å². The highest BCUT2D eigenvalue weighted by Crippen LogP contribution is 2.37. The summed E-state index contributed by atoms with van der Waals surface area (Å²) in [6, 6.07) is 11.8. The van der Waals surface area contributed by atoms with Gasteiger partial charge in [-0.15, -0.1) is 11.8 Å². The fourth-order valence-electron chi connectivity index (χ4n) is 3.49. The number of carbonyl (C=O) groups is 1. The summed E-state index contributed by atoms with van der Waals surface area (Å²) in [5.74, 6) is 0.0695. The number of hydrogen-bond donors (Lipinski definition) is 0. The lowest BCUT2D eigenvalue weighted by Gasteiger charge is -2.36. The Morgan fingerprint density at radius 2 is 1.85 bits per heavy atom. The summed E-state index contributed by atoms with van der Waals surface area (Å²) in [7, 11) is 0. The van der Waals surface area contributed by atoms with Crippen LogP contribution in [0.4, 0.5) is 0 Å². The molecule has 0 radical (unpaired) electrons. The van der Waals surface area contributed by atoms with Crippen molar-refractivity contribution < 1.29 is 4.79 Å². The van der Waals surface area contributed by atoms with Crippen molar-refractivity contribution in [1.82, 2.24) is 4.90 Å². The first-order chi connectivity index (χ1) is 12.4. The molecule has 2 nitrogen and oxygen atoms in total. The number of carbonyl (C=O) groups excluding carboxylic acids is 1. The van der Waals surface area contributed by atoms with Crippen molar-refractivity contribution in [1.29, 1.82) is 0 Å². The number of hydrogen-bond acceptors (Lipinski definition) is 2. The number of nitrogens with zero attached hydrogens (tertiary/aromatic N) is 1. The van der Waals surface area contributed by atoms with Crippen LogP contribution in [-0.2, 0) is 17.6 Å². The summed E-state index contributed by atoms with van der Waals surface area (Å²) in [6.45, 7) is 7.25. The molecule has 0 saturated heterocycles. The molecular formula is C21H23Cl2NOS. The van der Waals surface area contributed by atoms with E-state index < -0.39 is 0 Å². The average Bonchev–Trinajstić information content (AvgIpc) is 2.58. The minimum Gasteiger partial charge on any atom is -0.335 e. The molecule has 138 valence electrons. The van der Waals surface area contributed by atoms with Crippen molar-refractivity contribution in [2.24, 2.45) is 0 Å². The maximum atomic E-state index is 13.0. The summed E-state index contributed by atoms with van der Waals surface area (Å²) < 4.78 is 0. The SMILES string of the molecule is CC(C)Sc1cccc2c1CCN(C(=O)Cc1c(Cl)cccc1Cl)[C@H]2C. The third-order valence-electron chi connectivity index (χ3n) is 4.76. The molecule has 1 heterocycles. The second-order valence-electron chi connectivity index (χ2n) is 6.88. The number of amides is 1. The van der Waals surface area contributed by atoms with Crippen LogP contribution in [0.15, 0.2) is 41.3 Å². The van der Waals surface area contributed by atoms with Gasteiger partial charge in [-0.05, 0) is 48.2 Å². The molecule has 1 atom stereocenters. The molecule has 0 unspecified atom stereocenters. The minimum absolute atomic E-state index is 0.0558. The molecule has 0 fully saturated rings. The minimum atomic E-state index is 0.0558. The maximum absolute atomic E-state index is 13.0. The van der Waals surface area contributed by atoms with E-state index in [1.807, 2.05) is 16.7 Å². The summed E-state index contributed by atoms with van der Waals surface area (Å²) in [5.41, 5.74) is 3.35. The molecule has 3 rings (SSSR count). The van der Waals surface area contributed by atoms with Crippen LogP contribution in [0.5, 0.6) is 0 Å². The summed E-state index contributed by atoms with van der Waals surface area (Å²) in [5, 5.41) is 1.64. The largest absolute Gasteiger partial charge is 0.335 e. The Bertz CT molecular complexity index is 801. The smallest absolute Gasteiger partial charge is 0.227 e. The van der Waals surface area contributed by atoms with Crippen LogP contribution in [-0.4, -0.2) is 22.6 Å². The molecule has 1 aliphatic rings. The first-order valence-electron chi connectivity index (χ1n) is 8.89. The van der Waals surface area contributed by atoms with Gasteiger partial charge >= 0.3 is 0 Å². The Morgan fingerprint density at radius 3 is 2.50 bits per heavy atom. The van der Waals surface area contributed by atoms with Gasteiger partial charge in [-0.3, -0.25) is 4.79 Å². The van der Waals surface area contributed by atoms with E-state index in [1.54, 1.807) is 18.2 Å². The Labute approximate surface area is 169 Å². The zero-order chi connectivity index (χ0) is 18.8. The van der Waals surface area contributed by atoms with E-state index in [0.29, 0.717) is 20.9 Å². The second-order valence-corrected chi connectivity index (χ2v) is 9.31. The number of halogens is 2. The van der Waals surface area contributed by atoms with Gasteiger partial charge in [0, 0.05) is 26.7 Å². The van der Waals surface area contributed by atoms with Crippen LogP contribution in [0.1, 0.15) is 43.5 Å². The predicted octanol–water partition coefficient (Wildman–Crippen LogP) is 6.18. The highest BCUT2D eigenvalue weighted by molar-refractivity contribution is 8.00. The quantitative estimate of drug-likeness (QED) is 0.563. The average molecular weight is 408 g/mol. The van der Waals surface area contributed by atoms with Gasteiger partial charge in [0.15, 0.2) is 0 Å². The van der Waals surface area contributed by atoms with Crippen LogP contribution in [0.3, 0.4) is 0 Å². The fraction of sp³-hybridized carbons (Fsp3) is 0.381. The van der Waals surface area contributed by atoms with E-state index >= 15 is 0 Å². The van der Waals surface area contributed by atoms with Crippen LogP contribution >= 0.6 is 35.0 Å². The summed E-state index contributed by atoms with van der Waals surface area (Å²) in [6.07, 6.45) is 1.12. The van der Waals surface area contributed by atoms with E-state index in [2.05, 4.69) is 39.0 Å². The Hall–Kier alpha value is -1.16. The van der Waals surface area contributed by atoms with Crippen LogP contribution in [0.2, 0.25) is 10.0 Å². The van der Waals surface area contributed by atoms with Gasteiger partial charge < -0.3 is 4.90 Å². The van der Waals surface area contributed by atoms with Crippen molar-refractivity contribution >= 4 is 40.9 Å². The number of rotatable bonds is 4. The van der Waals surface area contributed by atoms with Crippen molar-refractivity contribution in [2.45, 2.75) is 49.8 Å². The van der Waals surface area contributed by atoms with E-state index in [0.717, 1.165) is 13.0 Å². The van der Waals surface area contributed by atoms with Gasteiger partial charge in [0.1, 0.15) is 0 Å².